The van der Waals surface area contributed by atoms with Crippen LogP contribution in [0.25, 0.3) is 0 Å². The van der Waals surface area contributed by atoms with E-state index in [0.717, 1.165) is 9.79 Å². The number of carbonyl (C=O) groups excluding carboxylic acids is 1. The molecule has 0 aliphatic heterocycles. The van der Waals surface area contributed by atoms with E-state index in [0.29, 0.717) is 22.6 Å². The first-order chi connectivity index (χ1) is 15.0. The second kappa shape index (κ2) is 10.3. The second-order valence-corrected chi connectivity index (χ2v) is 7.31. The van der Waals surface area contributed by atoms with Crippen LogP contribution >= 0.6 is 11.8 Å². The monoisotopic (exact) mass is 437 g/mol. The summed E-state index contributed by atoms with van der Waals surface area (Å²) in [5.41, 5.74) is 3.17. The van der Waals surface area contributed by atoms with Crippen molar-refractivity contribution in [2.24, 2.45) is 5.10 Å². The van der Waals surface area contributed by atoms with Crippen LogP contribution in [-0.4, -0.2) is 31.3 Å². The van der Waals surface area contributed by atoms with Crippen LogP contribution in [-0.2, 0) is 0 Å². The van der Waals surface area contributed by atoms with Crippen LogP contribution < -0.4 is 14.9 Å². The van der Waals surface area contributed by atoms with Crippen molar-refractivity contribution in [1.29, 1.82) is 0 Å². The number of rotatable bonds is 8. The van der Waals surface area contributed by atoms with Crippen LogP contribution in [0, 0.1) is 10.1 Å². The maximum Gasteiger partial charge on any atom is 0.271 e. The van der Waals surface area contributed by atoms with Crippen LogP contribution in [0.4, 0.5) is 5.69 Å². The van der Waals surface area contributed by atoms with E-state index >= 15 is 0 Å². The molecule has 0 aromatic heterocycles. The molecule has 3 aromatic rings. The minimum atomic E-state index is -0.477. The van der Waals surface area contributed by atoms with Crippen molar-refractivity contribution in [2.75, 3.05) is 14.2 Å². The highest BCUT2D eigenvalue weighted by atomic mass is 32.2. The van der Waals surface area contributed by atoms with Gasteiger partial charge in [-0.1, -0.05) is 30.0 Å². The SMILES string of the molecule is COc1cc(OC)cc(C(=O)NN=Cc2cc([N+](=O)[O-])ccc2Sc2ccccc2)c1. The number of nitrogens with one attached hydrogen (secondary N) is 1. The third kappa shape index (κ3) is 5.83. The summed E-state index contributed by atoms with van der Waals surface area (Å²) in [4.78, 5) is 24.9. The van der Waals surface area contributed by atoms with E-state index in [1.807, 2.05) is 30.3 Å². The highest BCUT2D eigenvalue weighted by Gasteiger charge is 2.12. The van der Waals surface area contributed by atoms with E-state index in [1.54, 1.807) is 24.3 Å². The molecule has 0 saturated carbocycles. The number of ether oxygens (including phenoxy) is 2. The lowest BCUT2D eigenvalue weighted by Gasteiger charge is -2.08. The van der Waals surface area contributed by atoms with E-state index in [9.17, 15) is 14.9 Å². The van der Waals surface area contributed by atoms with Gasteiger partial charge in [-0.25, -0.2) is 5.43 Å². The summed E-state index contributed by atoms with van der Waals surface area (Å²) >= 11 is 1.44. The number of methoxy groups -OCH3 is 2. The third-order valence-corrected chi connectivity index (χ3v) is 5.26. The van der Waals surface area contributed by atoms with Gasteiger partial charge in [-0.15, -0.1) is 0 Å². The molecule has 0 radical (unpaired) electrons. The Balaban J connectivity index is 1.82. The molecule has 1 N–H and O–H groups in total. The van der Waals surface area contributed by atoms with E-state index in [4.69, 9.17) is 9.47 Å². The van der Waals surface area contributed by atoms with E-state index in [1.165, 1.54) is 44.3 Å². The van der Waals surface area contributed by atoms with Gasteiger partial charge >= 0.3 is 0 Å². The van der Waals surface area contributed by atoms with Crippen molar-refractivity contribution in [1.82, 2.24) is 5.43 Å². The molecule has 0 bridgehead atoms. The second-order valence-electron chi connectivity index (χ2n) is 6.19. The first-order valence-electron chi connectivity index (χ1n) is 9.08. The number of non-ortho nitro benzene ring substituents is 1. The number of hydrogen-bond acceptors (Lipinski definition) is 7. The Kier molecular flexibility index (Phi) is 7.23. The van der Waals surface area contributed by atoms with Gasteiger partial charge in [0.05, 0.1) is 25.4 Å². The van der Waals surface area contributed by atoms with E-state index < -0.39 is 10.8 Å². The molecule has 0 saturated heterocycles. The van der Waals surface area contributed by atoms with Crippen molar-refractivity contribution in [3.05, 3.63) is 88.0 Å². The molecule has 0 heterocycles. The molecule has 0 aliphatic rings. The van der Waals surface area contributed by atoms with Gasteiger partial charge < -0.3 is 9.47 Å². The van der Waals surface area contributed by atoms with Gasteiger partial charge in [-0.05, 0) is 30.3 Å². The maximum atomic E-state index is 12.5. The summed E-state index contributed by atoms with van der Waals surface area (Å²) in [6.45, 7) is 0. The van der Waals surface area contributed by atoms with Gasteiger partial charge in [0.2, 0.25) is 0 Å². The van der Waals surface area contributed by atoms with E-state index in [-0.39, 0.29) is 5.69 Å². The average molecular weight is 437 g/mol. The van der Waals surface area contributed by atoms with Gasteiger partial charge in [0, 0.05) is 39.1 Å². The van der Waals surface area contributed by atoms with E-state index in [2.05, 4.69) is 10.5 Å². The van der Waals surface area contributed by atoms with Crippen molar-refractivity contribution < 1.29 is 19.2 Å². The first kappa shape index (κ1) is 21.8. The fraction of sp³-hybridized carbons (Fsp3) is 0.0909. The molecular weight excluding hydrogens is 418 g/mol. The van der Waals surface area contributed by atoms with Gasteiger partial charge in [-0.2, -0.15) is 5.10 Å². The highest BCUT2D eigenvalue weighted by Crippen LogP contribution is 2.31. The van der Waals surface area contributed by atoms with Crippen LogP contribution in [0.5, 0.6) is 11.5 Å². The number of benzene rings is 3. The lowest BCUT2D eigenvalue weighted by molar-refractivity contribution is -0.384. The van der Waals surface area contributed by atoms with Gasteiger partial charge in [0.25, 0.3) is 11.6 Å². The molecule has 0 atom stereocenters. The standard InChI is InChI=1S/C22H19N3O5S/c1-29-18-11-15(12-19(13-18)30-2)22(26)24-23-14-16-10-17(25(27)28)8-9-21(16)31-20-6-4-3-5-7-20/h3-14H,1-2H3,(H,24,26). The Morgan fingerprint density at radius 2 is 1.71 bits per heavy atom. The summed E-state index contributed by atoms with van der Waals surface area (Å²) in [7, 11) is 2.98. The number of amides is 1. The number of nitrogens with zero attached hydrogens (tertiary/aromatic N) is 2. The van der Waals surface area contributed by atoms with Crippen molar-refractivity contribution in [3.63, 3.8) is 0 Å². The van der Waals surface area contributed by atoms with Crippen LogP contribution in [0.15, 0.2) is 81.6 Å². The smallest absolute Gasteiger partial charge is 0.271 e. The van der Waals surface area contributed by atoms with Crippen molar-refractivity contribution >= 4 is 29.6 Å². The number of nitro benzene ring substituents is 1. The van der Waals surface area contributed by atoms with Gasteiger partial charge in [-0.3, -0.25) is 14.9 Å². The molecular formula is C22H19N3O5S. The number of hydrogen-bond donors (Lipinski definition) is 1. The third-order valence-electron chi connectivity index (χ3n) is 4.16. The number of hydrazone groups is 1. The lowest BCUT2D eigenvalue weighted by atomic mass is 10.2. The predicted octanol–water partition coefficient (Wildman–Crippen LogP) is 4.53. The zero-order chi connectivity index (χ0) is 22.2. The molecule has 0 aliphatic carbocycles. The minimum Gasteiger partial charge on any atom is -0.497 e. The molecule has 31 heavy (non-hydrogen) atoms. The number of nitro groups is 1. The zero-order valence-electron chi connectivity index (χ0n) is 16.8. The first-order valence-corrected chi connectivity index (χ1v) is 9.89. The normalized spacial score (nSPS) is 10.6. The molecule has 3 aromatic carbocycles. The Labute approximate surface area is 183 Å². The molecule has 9 heteroatoms. The number of carbonyl (C=O) groups is 1. The summed E-state index contributed by atoms with van der Waals surface area (Å²) in [5.74, 6) is 0.457. The summed E-state index contributed by atoms with van der Waals surface area (Å²) < 4.78 is 10.3. The van der Waals surface area contributed by atoms with Crippen molar-refractivity contribution in [3.8, 4) is 11.5 Å². The largest absolute Gasteiger partial charge is 0.497 e. The lowest BCUT2D eigenvalue weighted by Crippen LogP contribution is -2.17. The minimum absolute atomic E-state index is 0.0669. The van der Waals surface area contributed by atoms with Crippen molar-refractivity contribution in [2.45, 2.75) is 9.79 Å². The molecule has 0 spiro atoms. The Morgan fingerprint density at radius 1 is 1.03 bits per heavy atom. The van der Waals surface area contributed by atoms with Crippen LogP contribution in [0.1, 0.15) is 15.9 Å². The topological polar surface area (TPSA) is 103 Å². The predicted molar refractivity (Wildman–Crippen MR) is 118 cm³/mol. The maximum absolute atomic E-state index is 12.5. The molecule has 0 unspecified atom stereocenters. The quantitative estimate of drug-likeness (QED) is 0.316. The average Bonchev–Trinajstić information content (AvgIpc) is 2.80. The Morgan fingerprint density at radius 3 is 2.32 bits per heavy atom. The summed E-state index contributed by atoms with van der Waals surface area (Å²) in [6.07, 6.45) is 1.38. The Bertz CT molecular complexity index is 1100. The fourth-order valence-corrected chi connectivity index (χ4v) is 3.53. The van der Waals surface area contributed by atoms with Crippen LogP contribution in [0.3, 0.4) is 0 Å². The molecule has 1 amide bonds. The highest BCUT2D eigenvalue weighted by molar-refractivity contribution is 7.99. The summed E-state index contributed by atoms with van der Waals surface area (Å²) in [6, 6.07) is 18.9. The fourth-order valence-electron chi connectivity index (χ4n) is 2.62. The summed E-state index contributed by atoms with van der Waals surface area (Å²) in [5, 5.41) is 15.2. The van der Waals surface area contributed by atoms with Gasteiger partial charge in [0.15, 0.2) is 0 Å². The molecule has 158 valence electrons. The molecule has 8 nitrogen and oxygen atoms in total. The molecule has 3 rings (SSSR count). The molecule has 0 fully saturated rings. The zero-order valence-corrected chi connectivity index (χ0v) is 17.6. The van der Waals surface area contributed by atoms with Crippen LogP contribution in [0.2, 0.25) is 0 Å². The Hall–Kier alpha value is -3.85. The van der Waals surface area contributed by atoms with Gasteiger partial charge in [0.1, 0.15) is 11.5 Å².